The van der Waals surface area contributed by atoms with Gasteiger partial charge in [-0.1, -0.05) is 200 Å². The standard InChI is InChI=1S/C67H38S/c1-2-17-41-38-61-56(35-40(41)16-1)55-37-43(31-34-60(55)68-61)63-51-25-9-7-23-49(51)62(50-24-8-10-26-52(50)63)42-29-32-53-54(36-42)45-19-5-6-22-48(45)65-64-44-18-4-3-15-39(44)30-33-59(64)67(66(53)65)57-27-13-11-20-46(57)47-21-12-14-28-58(47)67/h1-38H. The molecular formula is C67H38S. The van der Waals surface area contributed by atoms with Gasteiger partial charge in [-0.05, 0) is 162 Å². The highest BCUT2D eigenvalue weighted by molar-refractivity contribution is 7.25. The van der Waals surface area contributed by atoms with Crippen LogP contribution in [0.3, 0.4) is 0 Å². The molecule has 1 spiro atoms. The zero-order valence-electron chi connectivity index (χ0n) is 36.8. The van der Waals surface area contributed by atoms with Gasteiger partial charge < -0.3 is 0 Å². The molecule has 0 saturated carbocycles. The summed E-state index contributed by atoms with van der Waals surface area (Å²) in [7, 11) is 0. The molecule has 0 nitrogen and oxygen atoms in total. The Kier molecular flexibility index (Phi) is 7.25. The number of hydrogen-bond donors (Lipinski definition) is 0. The van der Waals surface area contributed by atoms with Gasteiger partial charge in [0.1, 0.15) is 0 Å². The molecule has 0 saturated heterocycles. The second-order valence-corrected chi connectivity index (χ2v) is 20.0. The molecule has 0 radical (unpaired) electrons. The van der Waals surface area contributed by atoms with Crippen LogP contribution in [-0.4, -0.2) is 0 Å². The number of benzene rings is 13. The van der Waals surface area contributed by atoms with Crippen LogP contribution >= 0.6 is 11.3 Å². The van der Waals surface area contributed by atoms with Gasteiger partial charge in [-0.25, -0.2) is 0 Å². The summed E-state index contributed by atoms with van der Waals surface area (Å²) in [5.74, 6) is 0. The molecule has 312 valence electrons. The van der Waals surface area contributed by atoms with Crippen molar-refractivity contribution < 1.29 is 0 Å². The van der Waals surface area contributed by atoms with E-state index in [1.165, 1.54) is 152 Å². The normalized spacial score (nSPS) is 13.4. The Morgan fingerprint density at radius 3 is 1.38 bits per heavy atom. The Labute approximate surface area is 396 Å². The maximum atomic E-state index is 2.53. The first kappa shape index (κ1) is 36.8. The van der Waals surface area contributed by atoms with Gasteiger partial charge in [0.2, 0.25) is 0 Å². The molecule has 13 aromatic carbocycles. The molecule has 2 aliphatic rings. The van der Waals surface area contributed by atoms with Gasteiger partial charge in [-0.15, -0.1) is 11.3 Å². The number of fused-ring (bicyclic) bond motifs is 23. The molecule has 0 bridgehead atoms. The largest absolute Gasteiger partial charge is 0.135 e. The summed E-state index contributed by atoms with van der Waals surface area (Å²) >= 11 is 1.89. The Morgan fingerprint density at radius 2 is 0.735 bits per heavy atom. The minimum absolute atomic E-state index is 0.491. The van der Waals surface area contributed by atoms with Crippen LogP contribution in [0.2, 0.25) is 0 Å². The van der Waals surface area contributed by atoms with Gasteiger partial charge in [0.05, 0.1) is 5.41 Å². The fraction of sp³-hybridized carbons (Fsp3) is 0.0149. The fourth-order valence-electron chi connectivity index (χ4n) is 13.1. The minimum Gasteiger partial charge on any atom is -0.135 e. The lowest BCUT2D eigenvalue weighted by molar-refractivity contribution is 0.802. The molecule has 0 unspecified atom stereocenters. The first-order valence-corrected chi connectivity index (χ1v) is 24.6. The minimum atomic E-state index is -0.491. The maximum absolute atomic E-state index is 2.53. The van der Waals surface area contributed by atoms with Crippen molar-refractivity contribution in [3.05, 3.63) is 253 Å². The predicted octanol–water partition coefficient (Wildman–Crippen LogP) is 18.7. The number of hydrogen-bond acceptors (Lipinski definition) is 1. The van der Waals surface area contributed by atoms with Crippen LogP contribution in [0.5, 0.6) is 0 Å². The Bertz CT molecular complexity index is 4460. The third-order valence-corrected chi connectivity index (χ3v) is 16.9. The van der Waals surface area contributed by atoms with E-state index in [1.54, 1.807) is 0 Å². The van der Waals surface area contributed by atoms with E-state index in [0.717, 1.165) is 0 Å². The van der Waals surface area contributed by atoms with Crippen molar-refractivity contribution in [1.82, 2.24) is 0 Å². The SMILES string of the molecule is c1ccc2c(c1)-c1ccccc1C21c2ccc3ccccc3c2-c2c1c1ccc(-c3c4ccccc4c(-c4ccc5sc6cc7ccccc7cc6c5c4)c4ccccc34)cc1c1ccccc21. The lowest BCUT2D eigenvalue weighted by Gasteiger charge is -2.32. The summed E-state index contributed by atoms with van der Waals surface area (Å²) in [6.07, 6.45) is 0. The van der Waals surface area contributed by atoms with Crippen LogP contribution in [-0.2, 0) is 5.41 Å². The summed E-state index contributed by atoms with van der Waals surface area (Å²) in [4.78, 5) is 0. The van der Waals surface area contributed by atoms with E-state index in [0.29, 0.717) is 0 Å². The van der Waals surface area contributed by atoms with Crippen molar-refractivity contribution >= 4 is 96.1 Å². The van der Waals surface area contributed by atoms with Crippen LogP contribution < -0.4 is 0 Å². The highest BCUT2D eigenvalue weighted by Crippen LogP contribution is 2.66. The zero-order valence-corrected chi connectivity index (χ0v) is 37.7. The van der Waals surface area contributed by atoms with Gasteiger partial charge in [0.25, 0.3) is 0 Å². The molecule has 0 N–H and O–H groups in total. The number of thiophene rings is 1. The van der Waals surface area contributed by atoms with Gasteiger partial charge in [-0.2, -0.15) is 0 Å². The Morgan fingerprint density at radius 1 is 0.250 bits per heavy atom. The average molecular weight is 875 g/mol. The first-order valence-electron chi connectivity index (χ1n) is 23.7. The third-order valence-electron chi connectivity index (χ3n) is 15.8. The lowest BCUT2D eigenvalue weighted by Crippen LogP contribution is -2.26. The molecule has 0 amide bonds. The summed E-state index contributed by atoms with van der Waals surface area (Å²) in [6.45, 7) is 0. The van der Waals surface area contributed by atoms with E-state index >= 15 is 0 Å². The van der Waals surface area contributed by atoms with Crippen LogP contribution in [0.25, 0.3) is 129 Å². The van der Waals surface area contributed by atoms with Crippen molar-refractivity contribution in [2.45, 2.75) is 5.41 Å². The molecular weight excluding hydrogens is 837 g/mol. The van der Waals surface area contributed by atoms with E-state index in [4.69, 9.17) is 0 Å². The van der Waals surface area contributed by atoms with E-state index in [-0.39, 0.29) is 0 Å². The highest BCUT2D eigenvalue weighted by atomic mass is 32.1. The van der Waals surface area contributed by atoms with E-state index in [9.17, 15) is 0 Å². The molecule has 2 aliphatic carbocycles. The third kappa shape index (κ3) is 4.64. The van der Waals surface area contributed by atoms with Crippen molar-refractivity contribution in [3.8, 4) is 44.5 Å². The fourth-order valence-corrected chi connectivity index (χ4v) is 14.3. The topological polar surface area (TPSA) is 0 Å². The monoisotopic (exact) mass is 874 g/mol. The van der Waals surface area contributed by atoms with Gasteiger partial charge in [0, 0.05) is 20.2 Å². The van der Waals surface area contributed by atoms with Crippen molar-refractivity contribution in [2.75, 3.05) is 0 Å². The summed E-state index contributed by atoms with van der Waals surface area (Å²) in [5, 5.41) is 18.0. The predicted molar refractivity (Wildman–Crippen MR) is 292 cm³/mol. The maximum Gasteiger partial charge on any atom is 0.0732 e. The highest BCUT2D eigenvalue weighted by Gasteiger charge is 2.53. The van der Waals surface area contributed by atoms with Crippen LogP contribution in [0.1, 0.15) is 22.3 Å². The van der Waals surface area contributed by atoms with Crippen LogP contribution in [0.15, 0.2) is 231 Å². The summed E-state index contributed by atoms with van der Waals surface area (Å²) < 4.78 is 2.65. The molecule has 1 aromatic heterocycles. The molecule has 0 aliphatic heterocycles. The molecule has 1 heterocycles. The van der Waals surface area contributed by atoms with Gasteiger partial charge in [0.15, 0.2) is 0 Å². The summed E-state index contributed by atoms with van der Waals surface area (Å²) in [6, 6.07) is 87.7. The molecule has 14 aromatic rings. The van der Waals surface area contributed by atoms with E-state index < -0.39 is 5.41 Å². The zero-order chi connectivity index (χ0) is 44.2. The molecule has 16 rings (SSSR count). The van der Waals surface area contributed by atoms with Crippen molar-refractivity contribution in [2.24, 2.45) is 0 Å². The molecule has 1 heteroatoms. The number of rotatable bonds is 2. The quantitative estimate of drug-likeness (QED) is 0.120. The average Bonchev–Trinajstić information content (AvgIpc) is 4.03. The van der Waals surface area contributed by atoms with Crippen molar-refractivity contribution in [3.63, 3.8) is 0 Å². The Balaban J connectivity index is 0.996. The molecule has 0 atom stereocenters. The van der Waals surface area contributed by atoms with Crippen molar-refractivity contribution in [1.29, 1.82) is 0 Å². The second kappa shape index (κ2) is 13.4. The molecule has 68 heavy (non-hydrogen) atoms. The van der Waals surface area contributed by atoms with E-state index in [1.807, 2.05) is 11.3 Å². The van der Waals surface area contributed by atoms with E-state index in [2.05, 4.69) is 231 Å². The lowest BCUT2D eigenvalue weighted by atomic mass is 9.69. The summed E-state index contributed by atoms with van der Waals surface area (Å²) in [5.41, 5.74) is 15.4. The van der Waals surface area contributed by atoms with Gasteiger partial charge in [-0.3, -0.25) is 0 Å². The smallest absolute Gasteiger partial charge is 0.0732 e. The second-order valence-electron chi connectivity index (χ2n) is 19.0. The van der Waals surface area contributed by atoms with Crippen LogP contribution in [0, 0.1) is 0 Å². The molecule has 0 fully saturated rings. The Hall–Kier alpha value is -8.36. The first-order chi connectivity index (χ1) is 33.7. The van der Waals surface area contributed by atoms with Gasteiger partial charge >= 0.3 is 0 Å². The van der Waals surface area contributed by atoms with Crippen LogP contribution in [0.4, 0.5) is 0 Å².